The summed E-state index contributed by atoms with van der Waals surface area (Å²) in [4.78, 5) is 24.3. The predicted molar refractivity (Wildman–Crippen MR) is 49.7 cm³/mol. The van der Waals surface area contributed by atoms with E-state index in [9.17, 15) is 9.59 Å². The van der Waals surface area contributed by atoms with Crippen molar-refractivity contribution in [3.8, 4) is 0 Å². The van der Waals surface area contributed by atoms with Crippen molar-refractivity contribution in [2.45, 2.75) is 44.7 Å². The van der Waals surface area contributed by atoms with E-state index in [1.54, 1.807) is 0 Å². The maximum atomic E-state index is 11.6. The van der Waals surface area contributed by atoms with Gasteiger partial charge in [0.05, 0.1) is 5.92 Å². The van der Waals surface area contributed by atoms with Crippen LogP contribution in [0.1, 0.15) is 32.6 Å². The summed E-state index contributed by atoms with van der Waals surface area (Å²) in [5, 5.41) is 8.97. The molecule has 1 N–H and O–H groups in total. The van der Waals surface area contributed by atoms with Gasteiger partial charge in [0.25, 0.3) is 0 Å². The van der Waals surface area contributed by atoms with E-state index in [1.807, 2.05) is 11.8 Å². The molecule has 3 atom stereocenters. The Balaban J connectivity index is 2.16. The number of amides is 1. The first-order valence-corrected chi connectivity index (χ1v) is 5.19. The number of rotatable bonds is 2. The fourth-order valence-corrected chi connectivity index (χ4v) is 2.83. The second-order valence-corrected chi connectivity index (χ2v) is 4.13. The summed E-state index contributed by atoms with van der Waals surface area (Å²) in [6.07, 6.45) is 3.00. The Kier molecular flexibility index (Phi) is 2.21. The molecular weight excluding hydrogens is 182 g/mol. The number of fused-ring (bicyclic) bond motifs is 2. The summed E-state index contributed by atoms with van der Waals surface area (Å²) in [5.74, 6) is -0.948. The minimum Gasteiger partial charge on any atom is -0.481 e. The summed E-state index contributed by atoms with van der Waals surface area (Å²) in [5.41, 5.74) is 0. The van der Waals surface area contributed by atoms with Gasteiger partial charge in [-0.25, -0.2) is 0 Å². The Morgan fingerprint density at radius 3 is 2.64 bits per heavy atom. The number of carbonyl (C=O) groups is 2. The number of hydrogen-bond acceptors (Lipinski definition) is 2. The van der Waals surface area contributed by atoms with Gasteiger partial charge in [-0.3, -0.25) is 9.59 Å². The van der Waals surface area contributed by atoms with Crippen LogP contribution in [0.5, 0.6) is 0 Å². The Labute approximate surface area is 82.9 Å². The fourth-order valence-electron chi connectivity index (χ4n) is 2.83. The number of hydrogen-bond donors (Lipinski definition) is 1. The van der Waals surface area contributed by atoms with Crippen molar-refractivity contribution in [3.05, 3.63) is 0 Å². The zero-order chi connectivity index (χ0) is 10.3. The van der Waals surface area contributed by atoms with Gasteiger partial charge in [-0.1, -0.05) is 6.92 Å². The first-order valence-electron chi connectivity index (χ1n) is 5.19. The Morgan fingerprint density at radius 2 is 2.14 bits per heavy atom. The normalized spacial score (nSPS) is 34.9. The molecule has 0 aromatic heterocycles. The van der Waals surface area contributed by atoms with Crippen LogP contribution in [0.3, 0.4) is 0 Å². The van der Waals surface area contributed by atoms with Crippen LogP contribution in [-0.4, -0.2) is 34.0 Å². The molecule has 2 bridgehead atoms. The van der Waals surface area contributed by atoms with Gasteiger partial charge in [-0.2, -0.15) is 0 Å². The molecule has 2 fully saturated rings. The van der Waals surface area contributed by atoms with Gasteiger partial charge in [0.15, 0.2) is 0 Å². The van der Waals surface area contributed by atoms with E-state index >= 15 is 0 Å². The lowest BCUT2D eigenvalue weighted by Crippen LogP contribution is -2.37. The molecule has 2 aliphatic heterocycles. The lowest BCUT2D eigenvalue weighted by Gasteiger charge is -2.22. The van der Waals surface area contributed by atoms with Gasteiger partial charge in [-0.15, -0.1) is 0 Å². The van der Waals surface area contributed by atoms with Crippen molar-refractivity contribution >= 4 is 11.9 Å². The fraction of sp³-hybridized carbons (Fsp3) is 0.800. The number of carboxylic acid groups (broad SMARTS) is 1. The summed E-state index contributed by atoms with van der Waals surface area (Å²) < 4.78 is 0. The Hall–Kier alpha value is -1.06. The van der Waals surface area contributed by atoms with Crippen LogP contribution in [0.2, 0.25) is 0 Å². The quantitative estimate of drug-likeness (QED) is 0.714. The molecule has 0 spiro atoms. The standard InChI is InChI=1S/C10H15NO3/c1-2-9(12)11-6-3-4-8(11)7(5-6)10(13)14/h6-8H,2-5H2,1H3,(H,13,14). The molecule has 4 nitrogen and oxygen atoms in total. The summed E-state index contributed by atoms with van der Waals surface area (Å²) in [6, 6.07) is 0.179. The summed E-state index contributed by atoms with van der Waals surface area (Å²) >= 11 is 0. The van der Waals surface area contributed by atoms with E-state index in [2.05, 4.69) is 0 Å². The second-order valence-electron chi connectivity index (χ2n) is 4.13. The third-order valence-electron chi connectivity index (χ3n) is 3.44. The molecular formula is C10H15NO3. The lowest BCUT2D eigenvalue weighted by molar-refractivity contribution is -0.143. The minimum absolute atomic E-state index is 0.0232. The van der Waals surface area contributed by atoms with Crippen molar-refractivity contribution in [1.82, 2.24) is 4.90 Å². The Bertz CT molecular complexity index is 277. The van der Waals surface area contributed by atoms with E-state index in [4.69, 9.17) is 5.11 Å². The van der Waals surface area contributed by atoms with Crippen LogP contribution in [0.25, 0.3) is 0 Å². The van der Waals surface area contributed by atoms with Gasteiger partial charge < -0.3 is 10.0 Å². The van der Waals surface area contributed by atoms with Gasteiger partial charge >= 0.3 is 5.97 Å². The molecule has 3 unspecified atom stereocenters. The summed E-state index contributed by atoms with van der Waals surface area (Å²) in [7, 11) is 0. The molecule has 14 heavy (non-hydrogen) atoms. The van der Waals surface area contributed by atoms with Crippen molar-refractivity contribution in [3.63, 3.8) is 0 Å². The van der Waals surface area contributed by atoms with Crippen LogP contribution in [-0.2, 0) is 9.59 Å². The summed E-state index contributed by atoms with van der Waals surface area (Å²) in [6.45, 7) is 1.83. The number of nitrogens with zero attached hydrogens (tertiary/aromatic N) is 1. The Morgan fingerprint density at radius 1 is 1.43 bits per heavy atom. The minimum atomic E-state index is -0.744. The highest BCUT2D eigenvalue weighted by Crippen LogP contribution is 2.41. The van der Waals surface area contributed by atoms with Crippen LogP contribution in [0.15, 0.2) is 0 Å². The highest BCUT2D eigenvalue weighted by atomic mass is 16.4. The molecule has 0 aliphatic carbocycles. The molecule has 0 aromatic rings. The highest BCUT2D eigenvalue weighted by molar-refractivity contribution is 5.80. The molecule has 2 saturated heterocycles. The lowest BCUT2D eigenvalue weighted by atomic mass is 9.89. The maximum absolute atomic E-state index is 11.6. The third-order valence-corrected chi connectivity index (χ3v) is 3.44. The van der Waals surface area contributed by atoms with Crippen LogP contribution in [0, 0.1) is 5.92 Å². The van der Waals surface area contributed by atoms with Gasteiger partial charge in [-0.05, 0) is 19.3 Å². The van der Waals surface area contributed by atoms with E-state index in [0.717, 1.165) is 12.8 Å². The monoisotopic (exact) mass is 197 g/mol. The molecule has 0 radical (unpaired) electrons. The molecule has 4 heteroatoms. The number of aliphatic carboxylic acids is 1. The predicted octanol–water partition coefficient (Wildman–Crippen LogP) is 0.861. The van der Waals surface area contributed by atoms with E-state index in [1.165, 1.54) is 0 Å². The largest absolute Gasteiger partial charge is 0.481 e. The molecule has 0 saturated carbocycles. The van der Waals surface area contributed by atoms with Crippen LogP contribution in [0.4, 0.5) is 0 Å². The first kappa shape index (κ1) is 9.49. The smallest absolute Gasteiger partial charge is 0.308 e. The first-order chi connectivity index (χ1) is 6.65. The molecule has 2 aliphatic rings. The van der Waals surface area contributed by atoms with Crippen LogP contribution < -0.4 is 0 Å². The van der Waals surface area contributed by atoms with E-state index in [-0.39, 0.29) is 23.9 Å². The van der Waals surface area contributed by atoms with Gasteiger partial charge in [0.2, 0.25) is 5.91 Å². The van der Waals surface area contributed by atoms with Crippen molar-refractivity contribution < 1.29 is 14.7 Å². The van der Waals surface area contributed by atoms with Gasteiger partial charge in [0, 0.05) is 18.5 Å². The van der Waals surface area contributed by atoms with Crippen molar-refractivity contribution in [1.29, 1.82) is 0 Å². The number of carboxylic acids is 1. The maximum Gasteiger partial charge on any atom is 0.308 e. The third kappa shape index (κ3) is 1.21. The molecule has 0 aromatic carbocycles. The average Bonchev–Trinajstić information content (AvgIpc) is 2.73. The molecule has 2 rings (SSSR count). The molecule has 2 heterocycles. The second kappa shape index (κ2) is 3.26. The van der Waals surface area contributed by atoms with Gasteiger partial charge in [0.1, 0.15) is 0 Å². The van der Waals surface area contributed by atoms with Crippen molar-refractivity contribution in [2.24, 2.45) is 5.92 Å². The van der Waals surface area contributed by atoms with Crippen molar-refractivity contribution in [2.75, 3.05) is 0 Å². The van der Waals surface area contributed by atoms with E-state index < -0.39 is 5.97 Å². The zero-order valence-electron chi connectivity index (χ0n) is 8.27. The number of carbonyl (C=O) groups excluding carboxylic acids is 1. The molecule has 1 amide bonds. The average molecular weight is 197 g/mol. The van der Waals surface area contributed by atoms with Crippen LogP contribution >= 0.6 is 0 Å². The van der Waals surface area contributed by atoms with E-state index in [0.29, 0.717) is 12.8 Å². The zero-order valence-corrected chi connectivity index (χ0v) is 8.27. The SMILES string of the molecule is CCC(=O)N1C2CCC1C(C(=O)O)C2. The topological polar surface area (TPSA) is 57.6 Å². The molecule has 78 valence electrons. The highest BCUT2D eigenvalue weighted by Gasteiger charge is 2.50.